The van der Waals surface area contributed by atoms with Gasteiger partial charge in [-0.25, -0.2) is 8.42 Å². The van der Waals surface area contributed by atoms with E-state index in [1.54, 1.807) is 0 Å². The molecule has 0 saturated carbocycles. The van der Waals surface area contributed by atoms with Crippen LogP contribution in [0.25, 0.3) is 0 Å². The number of sulfonamides is 1. The Labute approximate surface area is 126 Å². The molecule has 2 heterocycles. The van der Waals surface area contributed by atoms with Crippen LogP contribution in [0.3, 0.4) is 0 Å². The normalized spacial score (nSPS) is 21.0. The van der Waals surface area contributed by atoms with Crippen molar-refractivity contribution in [2.24, 2.45) is 0 Å². The molecule has 1 aromatic heterocycles. The summed E-state index contributed by atoms with van der Waals surface area (Å²) in [7, 11) is -3.70. The van der Waals surface area contributed by atoms with Gasteiger partial charge in [-0.1, -0.05) is 24.9 Å². The molecule has 0 aromatic carbocycles. The van der Waals surface area contributed by atoms with Gasteiger partial charge in [0.1, 0.15) is 4.21 Å². The van der Waals surface area contributed by atoms with Gasteiger partial charge < -0.3 is 0 Å². The minimum atomic E-state index is -3.70. The van der Waals surface area contributed by atoms with Gasteiger partial charge in [0.25, 0.3) is 15.7 Å². The Kier molecular flexibility index (Phi) is 4.68. The van der Waals surface area contributed by atoms with Crippen molar-refractivity contribution in [2.75, 3.05) is 6.54 Å². The second-order valence-electron chi connectivity index (χ2n) is 4.66. The molecule has 1 fully saturated rings. The molecule has 0 spiro atoms. The molecule has 1 aromatic rings. The third-order valence-electron chi connectivity index (χ3n) is 3.45. The highest BCUT2D eigenvalue weighted by atomic mass is 35.5. The first kappa shape index (κ1) is 15.7. The summed E-state index contributed by atoms with van der Waals surface area (Å²) in [6, 6.07) is 1.03. The van der Waals surface area contributed by atoms with E-state index in [9.17, 15) is 18.5 Å². The molecule has 0 radical (unpaired) electrons. The van der Waals surface area contributed by atoms with Gasteiger partial charge >= 0.3 is 0 Å². The van der Waals surface area contributed by atoms with Gasteiger partial charge in [-0.3, -0.25) is 10.1 Å². The number of nitro groups is 1. The molecule has 2 rings (SSSR count). The Bertz CT molecular complexity index is 614. The van der Waals surface area contributed by atoms with Crippen LogP contribution >= 0.6 is 22.9 Å². The van der Waals surface area contributed by atoms with Crippen LogP contribution in [-0.2, 0) is 10.0 Å². The van der Waals surface area contributed by atoms with Crippen LogP contribution in [0.1, 0.15) is 32.6 Å². The van der Waals surface area contributed by atoms with Crippen LogP contribution in [0.2, 0.25) is 4.34 Å². The lowest BCUT2D eigenvalue weighted by atomic mass is 10.0. The summed E-state index contributed by atoms with van der Waals surface area (Å²) in [6.45, 7) is 2.41. The predicted molar refractivity (Wildman–Crippen MR) is 77.8 cm³/mol. The summed E-state index contributed by atoms with van der Waals surface area (Å²) in [5.41, 5.74) is -0.347. The first-order chi connectivity index (χ1) is 9.37. The molecule has 0 bridgehead atoms. The Hall–Kier alpha value is -0.700. The van der Waals surface area contributed by atoms with E-state index in [1.807, 2.05) is 6.92 Å². The number of thiophene rings is 1. The Morgan fingerprint density at radius 3 is 2.80 bits per heavy atom. The fraction of sp³-hybridized carbons (Fsp3) is 0.636. The number of rotatable bonds is 4. The third kappa shape index (κ3) is 2.83. The molecule has 9 heteroatoms. The molecule has 0 amide bonds. The van der Waals surface area contributed by atoms with Gasteiger partial charge in [0.2, 0.25) is 0 Å². The van der Waals surface area contributed by atoms with Crippen molar-refractivity contribution in [3.05, 3.63) is 20.5 Å². The van der Waals surface area contributed by atoms with Crippen molar-refractivity contribution < 1.29 is 13.3 Å². The average Bonchev–Trinajstić information content (AvgIpc) is 2.81. The quantitative estimate of drug-likeness (QED) is 0.623. The van der Waals surface area contributed by atoms with Crippen LogP contribution < -0.4 is 0 Å². The molecule has 20 heavy (non-hydrogen) atoms. The highest BCUT2D eigenvalue weighted by molar-refractivity contribution is 7.91. The number of hydrogen-bond donors (Lipinski definition) is 0. The lowest BCUT2D eigenvalue weighted by Gasteiger charge is -2.33. The van der Waals surface area contributed by atoms with Crippen molar-refractivity contribution in [1.82, 2.24) is 4.31 Å². The summed E-state index contributed by atoms with van der Waals surface area (Å²) in [4.78, 5) is 10.1. The second kappa shape index (κ2) is 5.97. The molecule has 6 nitrogen and oxygen atoms in total. The number of nitrogens with zero attached hydrogens (tertiary/aromatic N) is 2. The van der Waals surface area contributed by atoms with Crippen LogP contribution in [0, 0.1) is 10.1 Å². The topological polar surface area (TPSA) is 80.5 Å². The van der Waals surface area contributed by atoms with Crippen molar-refractivity contribution in [3.63, 3.8) is 0 Å². The third-order valence-corrected chi connectivity index (χ3v) is 7.19. The Morgan fingerprint density at radius 1 is 1.55 bits per heavy atom. The molecular formula is C11H15ClN2O4S2. The SMILES string of the molecule is CCC1CCCCN1S(=O)(=O)c1cc([N+](=O)[O-])c(Cl)s1. The Morgan fingerprint density at radius 2 is 2.25 bits per heavy atom. The van der Waals surface area contributed by atoms with E-state index in [2.05, 4.69) is 0 Å². The largest absolute Gasteiger partial charge is 0.300 e. The highest BCUT2D eigenvalue weighted by Crippen LogP contribution is 2.38. The number of halogens is 1. The van der Waals surface area contributed by atoms with Gasteiger partial charge in [-0.2, -0.15) is 4.31 Å². The van der Waals surface area contributed by atoms with Crippen LogP contribution in [-0.4, -0.2) is 30.2 Å². The zero-order chi connectivity index (χ0) is 14.9. The molecule has 0 aliphatic carbocycles. The summed E-state index contributed by atoms with van der Waals surface area (Å²) >= 11 is 6.50. The predicted octanol–water partition coefficient (Wildman–Crippen LogP) is 3.26. The maximum absolute atomic E-state index is 12.6. The summed E-state index contributed by atoms with van der Waals surface area (Å²) in [6.07, 6.45) is 3.39. The van der Waals surface area contributed by atoms with Crippen molar-refractivity contribution in [1.29, 1.82) is 0 Å². The van der Waals surface area contributed by atoms with Gasteiger partial charge in [-0.05, 0) is 19.3 Å². The van der Waals surface area contributed by atoms with Crippen LogP contribution in [0.15, 0.2) is 10.3 Å². The minimum absolute atomic E-state index is 0.0336. The smallest absolute Gasteiger partial charge is 0.258 e. The molecule has 0 N–H and O–H groups in total. The second-order valence-corrected chi connectivity index (χ2v) is 8.43. The fourth-order valence-electron chi connectivity index (χ4n) is 2.40. The van der Waals surface area contributed by atoms with Crippen molar-refractivity contribution >= 4 is 38.6 Å². The summed E-state index contributed by atoms with van der Waals surface area (Å²) < 4.78 is 26.5. The van der Waals surface area contributed by atoms with Crippen molar-refractivity contribution in [2.45, 2.75) is 42.9 Å². The van der Waals surface area contributed by atoms with Gasteiger partial charge in [0, 0.05) is 18.7 Å². The van der Waals surface area contributed by atoms with E-state index in [4.69, 9.17) is 11.6 Å². The molecule has 112 valence electrons. The lowest BCUT2D eigenvalue weighted by Crippen LogP contribution is -2.42. The number of piperidine rings is 1. The maximum Gasteiger partial charge on any atom is 0.300 e. The van der Waals surface area contributed by atoms with E-state index in [0.29, 0.717) is 6.54 Å². The van der Waals surface area contributed by atoms with Crippen LogP contribution in [0.4, 0.5) is 5.69 Å². The zero-order valence-electron chi connectivity index (χ0n) is 10.9. The molecule has 1 aliphatic rings. The van der Waals surface area contributed by atoms with E-state index in [-0.39, 0.29) is 20.3 Å². The molecule has 1 unspecified atom stereocenters. The van der Waals surface area contributed by atoms with E-state index < -0.39 is 14.9 Å². The standard InChI is InChI=1S/C11H15ClN2O4S2/c1-2-8-5-3-4-6-13(8)20(17,18)10-7-9(14(15)16)11(12)19-10/h7-8H,2-6H2,1H3. The molecule has 1 atom stereocenters. The molecular weight excluding hydrogens is 324 g/mol. The van der Waals surface area contributed by atoms with Gasteiger partial charge in [-0.15, -0.1) is 11.3 Å². The zero-order valence-corrected chi connectivity index (χ0v) is 13.3. The fourth-order valence-corrected chi connectivity index (χ4v) is 5.97. The first-order valence-corrected chi connectivity index (χ1v) is 8.97. The summed E-state index contributed by atoms with van der Waals surface area (Å²) in [5, 5.41) is 10.8. The lowest BCUT2D eigenvalue weighted by molar-refractivity contribution is -0.384. The van der Waals surface area contributed by atoms with Crippen LogP contribution in [0.5, 0.6) is 0 Å². The molecule has 1 saturated heterocycles. The molecule has 1 aliphatic heterocycles. The van der Waals surface area contributed by atoms with E-state index in [1.165, 1.54) is 4.31 Å². The van der Waals surface area contributed by atoms with E-state index >= 15 is 0 Å². The van der Waals surface area contributed by atoms with Crippen molar-refractivity contribution in [3.8, 4) is 0 Å². The monoisotopic (exact) mass is 338 g/mol. The van der Waals surface area contributed by atoms with Gasteiger partial charge in [0.15, 0.2) is 4.34 Å². The minimum Gasteiger partial charge on any atom is -0.258 e. The van der Waals surface area contributed by atoms with E-state index in [0.717, 1.165) is 43.1 Å². The average molecular weight is 339 g/mol. The Balaban J connectivity index is 2.39. The van der Waals surface area contributed by atoms with Gasteiger partial charge in [0.05, 0.1) is 4.92 Å². The maximum atomic E-state index is 12.6. The first-order valence-electron chi connectivity index (χ1n) is 6.33. The number of hydrogen-bond acceptors (Lipinski definition) is 5. The summed E-state index contributed by atoms with van der Waals surface area (Å²) in [5.74, 6) is 0. The highest BCUT2D eigenvalue weighted by Gasteiger charge is 2.35.